The highest BCUT2D eigenvalue weighted by Crippen LogP contribution is 2.38. The number of alkyl halides is 3. The van der Waals surface area contributed by atoms with Crippen LogP contribution in [0.3, 0.4) is 0 Å². The largest absolute Gasteiger partial charge is 0.466 e. The molecule has 9 nitrogen and oxygen atoms in total. The number of carbonyl (C=O) groups is 1. The first kappa shape index (κ1) is 32.0. The van der Waals surface area contributed by atoms with Crippen molar-refractivity contribution in [2.75, 3.05) is 49.5 Å². The van der Waals surface area contributed by atoms with Crippen LogP contribution >= 0.6 is 11.3 Å². The molecule has 0 saturated carbocycles. The number of hydrogen-bond donors (Lipinski definition) is 1. The Labute approximate surface area is 258 Å². The third kappa shape index (κ3) is 7.83. The molecule has 238 valence electrons. The number of ether oxygens (including phenoxy) is 1. The second-order valence-electron chi connectivity index (χ2n) is 11.3. The predicted octanol–water partition coefficient (Wildman–Crippen LogP) is 5.95. The van der Waals surface area contributed by atoms with Crippen molar-refractivity contribution in [1.82, 2.24) is 24.8 Å². The number of nitrogens with one attached hydrogen (secondary N) is 1. The van der Waals surface area contributed by atoms with E-state index in [0.29, 0.717) is 68.0 Å². The first-order valence-corrected chi connectivity index (χ1v) is 15.7. The minimum atomic E-state index is -4.68. The van der Waals surface area contributed by atoms with Crippen molar-refractivity contribution in [2.45, 2.75) is 64.8 Å². The van der Waals surface area contributed by atoms with Gasteiger partial charge in [-0.05, 0) is 58.4 Å². The number of hydrogen-bond acceptors (Lipinski definition) is 10. The number of esters is 1. The third-order valence-electron chi connectivity index (χ3n) is 8.12. The van der Waals surface area contributed by atoms with E-state index in [9.17, 15) is 22.4 Å². The highest BCUT2D eigenvalue weighted by molar-refractivity contribution is 7.16. The Kier molecular flexibility index (Phi) is 10.0. The van der Waals surface area contributed by atoms with E-state index in [4.69, 9.17) is 4.74 Å². The Morgan fingerprint density at radius 2 is 1.91 bits per heavy atom. The summed E-state index contributed by atoms with van der Waals surface area (Å²) in [6.45, 7) is 10.6. The van der Waals surface area contributed by atoms with Crippen molar-refractivity contribution in [3.8, 4) is 11.3 Å². The minimum absolute atomic E-state index is 0.0849. The van der Waals surface area contributed by atoms with Gasteiger partial charge in [0, 0.05) is 61.3 Å². The lowest BCUT2D eigenvalue weighted by Crippen LogP contribution is -2.52. The van der Waals surface area contributed by atoms with Gasteiger partial charge < -0.3 is 15.0 Å². The van der Waals surface area contributed by atoms with Gasteiger partial charge in [0.1, 0.15) is 23.8 Å². The molecular formula is C30H37F4N7O2S. The maximum absolute atomic E-state index is 14.4. The topological polar surface area (TPSA) is 86.7 Å². The molecule has 0 spiro atoms. The van der Waals surface area contributed by atoms with E-state index < -0.39 is 17.6 Å². The Morgan fingerprint density at radius 3 is 2.61 bits per heavy atom. The molecule has 14 heteroatoms. The lowest BCUT2D eigenvalue weighted by Gasteiger charge is -2.40. The number of carbonyl (C=O) groups excluding carboxylic acids is 1. The number of rotatable bonds is 10. The lowest BCUT2D eigenvalue weighted by molar-refractivity contribution is -0.143. The summed E-state index contributed by atoms with van der Waals surface area (Å²) >= 11 is 1.32. The minimum Gasteiger partial charge on any atom is -0.466 e. The quantitative estimate of drug-likeness (QED) is 0.215. The summed E-state index contributed by atoms with van der Waals surface area (Å²) in [5.41, 5.74) is -0.642. The summed E-state index contributed by atoms with van der Waals surface area (Å²) in [6, 6.07) is 4.89. The van der Waals surface area contributed by atoms with Crippen LogP contribution in [-0.4, -0.2) is 82.1 Å². The summed E-state index contributed by atoms with van der Waals surface area (Å²) < 4.78 is 60.0. The summed E-state index contributed by atoms with van der Waals surface area (Å²) in [5.74, 6) is 0.0509. The van der Waals surface area contributed by atoms with E-state index >= 15 is 0 Å². The number of aromatic nitrogens is 3. The van der Waals surface area contributed by atoms with Gasteiger partial charge in [0.15, 0.2) is 5.13 Å². The van der Waals surface area contributed by atoms with E-state index in [-0.39, 0.29) is 17.6 Å². The molecule has 0 amide bonds. The molecule has 0 unspecified atom stereocenters. The summed E-state index contributed by atoms with van der Waals surface area (Å²) in [6.07, 6.45) is -0.793. The summed E-state index contributed by atoms with van der Waals surface area (Å²) in [5, 5.41) is 3.65. The van der Waals surface area contributed by atoms with Crippen LogP contribution in [0.1, 0.15) is 50.5 Å². The maximum atomic E-state index is 14.4. The zero-order valence-electron chi connectivity index (χ0n) is 25.0. The Hall–Kier alpha value is -3.36. The van der Waals surface area contributed by atoms with E-state index in [1.54, 1.807) is 6.92 Å². The number of piperazine rings is 1. The van der Waals surface area contributed by atoms with Crippen molar-refractivity contribution in [1.29, 1.82) is 0 Å². The van der Waals surface area contributed by atoms with Crippen LogP contribution in [0.15, 0.2) is 30.6 Å². The first-order valence-electron chi connectivity index (χ1n) is 14.9. The van der Waals surface area contributed by atoms with Crippen LogP contribution in [0, 0.1) is 5.82 Å². The normalized spacial score (nSPS) is 19.8. The molecule has 44 heavy (non-hydrogen) atoms. The van der Waals surface area contributed by atoms with E-state index in [2.05, 4.69) is 48.8 Å². The van der Waals surface area contributed by atoms with Gasteiger partial charge in [0.25, 0.3) is 0 Å². The fourth-order valence-corrected chi connectivity index (χ4v) is 6.76. The SMILES string of the molecule is CCOC(=O)CCN1CCN(c2cc(Nc3nc(-c4cc(F)cc(C(F)(F)F)c4)c(CN4CCC[C@H]4C)s3)ncn2)C[C@H]1C. The molecule has 2 atom stereocenters. The van der Waals surface area contributed by atoms with Gasteiger partial charge in [0.2, 0.25) is 0 Å². The number of thiazole rings is 1. The molecule has 0 bridgehead atoms. The van der Waals surface area contributed by atoms with Crippen molar-refractivity contribution in [3.05, 3.63) is 46.9 Å². The second-order valence-corrected chi connectivity index (χ2v) is 12.3. The number of nitrogens with zero attached hydrogens (tertiary/aromatic N) is 6. The summed E-state index contributed by atoms with van der Waals surface area (Å²) in [4.78, 5) is 32.7. The van der Waals surface area contributed by atoms with E-state index in [1.807, 2.05) is 6.07 Å². The zero-order chi connectivity index (χ0) is 31.4. The smallest absolute Gasteiger partial charge is 0.416 e. The molecule has 4 heterocycles. The van der Waals surface area contributed by atoms with Crippen molar-refractivity contribution < 1.29 is 27.1 Å². The van der Waals surface area contributed by atoms with Crippen molar-refractivity contribution in [2.24, 2.45) is 0 Å². The van der Waals surface area contributed by atoms with Gasteiger partial charge in [0.05, 0.1) is 24.3 Å². The molecule has 2 aliphatic heterocycles. The molecule has 2 saturated heterocycles. The number of likely N-dealkylation sites (tertiary alicyclic amines) is 1. The molecule has 3 aromatic rings. The predicted molar refractivity (Wildman–Crippen MR) is 161 cm³/mol. The Bertz CT molecular complexity index is 1450. The average molecular weight is 636 g/mol. The lowest BCUT2D eigenvalue weighted by atomic mass is 10.1. The van der Waals surface area contributed by atoms with Gasteiger partial charge in [-0.1, -0.05) is 11.3 Å². The average Bonchev–Trinajstić information content (AvgIpc) is 3.57. The van der Waals surface area contributed by atoms with Crippen LogP contribution in [0.4, 0.5) is 34.3 Å². The van der Waals surface area contributed by atoms with Crippen molar-refractivity contribution >= 4 is 34.1 Å². The first-order chi connectivity index (χ1) is 21.0. The number of halogens is 4. The highest BCUT2D eigenvalue weighted by atomic mass is 32.1. The Balaban J connectivity index is 1.34. The van der Waals surface area contributed by atoms with Crippen LogP contribution in [0.5, 0.6) is 0 Å². The van der Waals surface area contributed by atoms with Crippen LogP contribution in [-0.2, 0) is 22.3 Å². The fourth-order valence-electron chi connectivity index (χ4n) is 5.74. The van der Waals surface area contributed by atoms with Crippen LogP contribution in [0.2, 0.25) is 0 Å². The molecular weight excluding hydrogens is 598 g/mol. The summed E-state index contributed by atoms with van der Waals surface area (Å²) in [7, 11) is 0. The highest BCUT2D eigenvalue weighted by Gasteiger charge is 2.32. The molecule has 2 aliphatic rings. The zero-order valence-corrected chi connectivity index (χ0v) is 25.8. The molecule has 5 rings (SSSR count). The van der Waals surface area contributed by atoms with E-state index in [1.165, 1.54) is 17.7 Å². The molecule has 0 aliphatic carbocycles. The van der Waals surface area contributed by atoms with Gasteiger partial charge in [-0.2, -0.15) is 13.2 Å². The van der Waals surface area contributed by atoms with E-state index in [0.717, 1.165) is 48.8 Å². The molecule has 0 radical (unpaired) electrons. The molecule has 2 aromatic heterocycles. The third-order valence-corrected chi connectivity index (χ3v) is 9.07. The number of benzene rings is 1. The molecule has 1 aromatic carbocycles. The molecule has 2 fully saturated rings. The fraction of sp³-hybridized carbons (Fsp3) is 0.533. The monoisotopic (exact) mass is 635 g/mol. The molecule has 1 N–H and O–H groups in total. The van der Waals surface area contributed by atoms with Gasteiger partial charge in [-0.25, -0.2) is 19.3 Å². The van der Waals surface area contributed by atoms with Gasteiger partial charge >= 0.3 is 12.1 Å². The standard InChI is InChI=1S/C30H37F4N7O2S/c1-4-43-27(42)7-9-39-10-11-41(16-20(39)3)26-15-25(35-18-36-26)37-29-38-28(24(44-29)17-40-8-5-6-19(40)2)21-12-22(30(32,33)34)14-23(31)13-21/h12-15,18-20H,4-11,16-17H2,1-3H3,(H,35,36,37,38)/t19-,20-/m1/s1. The number of anilines is 3. The Morgan fingerprint density at radius 1 is 1.09 bits per heavy atom. The van der Waals surface area contributed by atoms with Gasteiger partial charge in [-0.15, -0.1) is 0 Å². The maximum Gasteiger partial charge on any atom is 0.416 e. The van der Waals surface area contributed by atoms with Crippen molar-refractivity contribution in [3.63, 3.8) is 0 Å². The van der Waals surface area contributed by atoms with Crippen LogP contribution < -0.4 is 10.2 Å². The van der Waals surface area contributed by atoms with Crippen LogP contribution in [0.25, 0.3) is 11.3 Å². The second kappa shape index (κ2) is 13.7. The van der Waals surface area contributed by atoms with Gasteiger partial charge in [-0.3, -0.25) is 14.6 Å².